The fraction of sp³-hybridized carbons (Fsp3) is 0.435. The highest BCUT2D eigenvalue weighted by molar-refractivity contribution is 6.33. The van der Waals surface area contributed by atoms with Crippen LogP contribution in [0.1, 0.15) is 37.5 Å². The maximum atomic E-state index is 12.0. The summed E-state index contributed by atoms with van der Waals surface area (Å²) in [5, 5.41) is 7.73. The molecule has 150 valence electrons. The number of carbonyl (C=O) groups excluding carboxylic acids is 1. The average Bonchev–Trinajstić information content (AvgIpc) is 2.91. The van der Waals surface area contributed by atoms with Gasteiger partial charge in [-0.1, -0.05) is 50.6 Å². The van der Waals surface area contributed by atoms with Crippen LogP contribution in [0.5, 0.6) is 5.75 Å². The van der Waals surface area contributed by atoms with Gasteiger partial charge in [0.1, 0.15) is 12.4 Å². The molecule has 0 amide bonds. The van der Waals surface area contributed by atoms with Crippen molar-refractivity contribution >= 4 is 23.1 Å². The van der Waals surface area contributed by atoms with E-state index in [0.29, 0.717) is 12.3 Å². The molecule has 0 bridgehead atoms. The van der Waals surface area contributed by atoms with Crippen LogP contribution in [0.15, 0.2) is 36.4 Å². The van der Waals surface area contributed by atoms with Crippen LogP contribution in [-0.4, -0.2) is 25.5 Å². The fourth-order valence-corrected chi connectivity index (χ4v) is 3.44. The fourth-order valence-electron chi connectivity index (χ4n) is 3.19. The molecule has 0 radical (unpaired) electrons. The molecule has 4 nitrogen and oxygen atoms in total. The van der Waals surface area contributed by atoms with Crippen LogP contribution in [0.4, 0.5) is 5.69 Å². The predicted molar refractivity (Wildman–Crippen MR) is 115 cm³/mol. The van der Waals surface area contributed by atoms with Crippen molar-refractivity contribution in [2.75, 3.05) is 25.0 Å². The Bertz CT molecular complexity index is 826. The van der Waals surface area contributed by atoms with Gasteiger partial charge < -0.3 is 15.4 Å². The molecule has 0 unspecified atom stereocenters. The Morgan fingerprint density at radius 3 is 2.54 bits per heavy atom. The second-order valence-corrected chi connectivity index (χ2v) is 8.68. The Labute approximate surface area is 172 Å². The summed E-state index contributed by atoms with van der Waals surface area (Å²) in [7, 11) is 0. The molecule has 2 aromatic rings. The number of Topliss-reactive ketones (excluding diaryl/α,β-unsaturated/α-hetero) is 1. The zero-order valence-electron chi connectivity index (χ0n) is 16.9. The van der Waals surface area contributed by atoms with Crippen molar-refractivity contribution in [2.45, 2.75) is 40.2 Å². The van der Waals surface area contributed by atoms with E-state index >= 15 is 0 Å². The first-order valence-electron chi connectivity index (χ1n) is 9.84. The zero-order chi connectivity index (χ0) is 20.1. The highest BCUT2D eigenvalue weighted by Gasteiger charge is 2.21. The number of halogens is 1. The van der Waals surface area contributed by atoms with Crippen LogP contribution >= 0.6 is 11.6 Å². The summed E-state index contributed by atoms with van der Waals surface area (Å²) in [6.07, 6.45) is 2.01. The van der Waals surface area contributed by atoms with E-state index in [4.69, 9.17) is 16.3 Å². The van der Waals surface area contributed by atoms with Crippen LogP contribution in [0.2, 0.25) is 5.02 Å². The van der Waals surface area contributed by atoms with E-state index in [-0.39, 0.29) is 17.8 Å². The number of hydrogen-bond donors (Lipinski definition) is 2. The summed E-state index contributed by atoms with van der Waals surface area (Å²) in [6, 6.07) is 12.0. The Kier molecular flexibility index (Phi) is 6.63. The molecule has 0 aromatic heterocycles. The molecular formula is C23H29ClN2O2. The molecule has 3 rings (SSSR count). The molecule has 0 saturated carbocycles. The molecule has 0 saturated heterocycles. The van der Waals surface area contributed by atoms with Crippen LogP contribution in [0.3, 0.4) is 0 Å². The number of rotatable bonds is 6. The average molecular weight is 401 g/mol. The summed E-state index contributed by atoms with van der Waals surface area (Å²) in [6.45, 7) is 8.47. The lowest BCUT2D eigenvalue weighted by Gasteiger charge is -2.17. The Morgan fingerprint density at radius 1 is 1.11 bits per heavy atom. The second-order valence-electron chi connectivity index (χ2n) is 8.27. The van der Waals surface area contributed by atoms with Crippen LogP contribution < -0.4 is 15.4 Å². The smallest absolute Gasteiger partial charge is 0.175 e. The van der Waals surface area contributed by atoms with Gasteiger partial charge >= 0.3 is 0 Å². The van der Waals surface area contributed by atoms with Gasteiger partial charge in [-0.05, 0) is 60.8 Å². The summed E-state index contributed by atoms with van der Waals surface area (Å²) in [4.78, 5) is 12.0. The van der Waals surface area contributed by atoms with Gasteiger partial charge in [-0.3, -0.25) is 4.79 Å². The number of nitrogens with one attached hydrogen (secondary N) is 2. The van der Waals surface area contributed by atoms with Crippen molar-refractivity contribution in [2.24, 2.45) is 5.41 Å². The van der Waals surface area contributed by atoms with Gasteiger partial charge in [0, 0.05) is 12.0 Å². The summed E-state index contributed by atoms with van der Waals surface area (Å²) in [5.74, 6) is 0.797. The van der Waals surface area contributed by atoms with Gasteiger partial charge in [-0.15, -0.1) is 0 Å². The lowest BCUT2D eigenvalue weighted by atomic mass is 9.91. The molecule has 0 atom stereocenters. The lowest BCUT2D eigenvalue weighted by Crippen LogP contribution is -2.26. The van der Waals surface area contributed by atoms with Crippen LogP contribution in [0, 0.1) is 5.41 Å². The van der Waals surface area contributed by atoms with Crippen molar-refractivity contribution < 1.29 is 9.53 Å². The molecule has 28 heavy (non-hydrogen) atoms. The number of carbonyl (C=O) groups is 1. The van der Waals surface area contributed by atoms with Crippen molar-refractivity contribution in [3.63, 3.8) is 0 Å². The van der Waals surface area contributed by atoms with Crippen molar-refractivity contribution in [1.29, 1.82) is 0 Å². The second kappa shape index (κ2) is 8.97. The first-order chi connectivity index (χ1) is 13.3. The lowest BCUT2D eigenvalue weighted by molar-refractivity contribution is -0.128. The third-order valence-corrected chi connectivity index (χ3v) is 5.40. The molecule has 5 heteroatoms. The van der Waals surface area contributed by atoms with Crippen LogP contribution in [0.25, 0.3) is 0 Å². The number of benzene rings is 2. The van der Waals surface area contributed by atoms with Crippen LogP contribution in [-0.2, 0) is 24.2 Å². The molecule has 1 heterocycles. The number of ketones is 1. The van der Waals surface area contributed by atoms with Crippen molar-refractivity contribution in [3.8, 4) is 5.75 Å². The zero-order valence-corrected chi connectivity index (χ0v) is 17.7. The molecule has 0 spiro atoms. The first kappa shape index (κ1) is 20.7. The highest BCUT2D eigenvalue weighted by atomic mass is 35.5. The minimum atomic E-state index is -0.383. The third-order valence-electron chi connectivity index (χ3n) is 5.08. The van der Waals surface area contributed by atoms with E-state index in [1.807, 2.05) is 51.1 Å². The third kappa shape index (κ3) is 5.27. The maximum absolute atomic E-state index is 12.0. The van der Waals surface area contributed by atoms with E-state index < -0.39 is 0 Å². The molecule has 2 aromatic carbocycles. The standard InChI is InChI=1S/C23H29ClN2O2/c1-23(2,3)21(27)15-28-18-7-4-16(5-8-18)14-26-22-19-11-13-25-12-10-17(19)6-9-20(22)24/h4-9,25-26H,10-15H2,1-3H3. The molecular weight excluding hydrogens is 372 g/mol. The molecule has 1 aliphatic rings. The van der Waals surface area contributed by atoms with Gasteiger partial charge in [0.05, 0.1) is 10.7 Å². The predicted octanol–water partition coefficient (Wildman–Crippen LogP) is 4.63. The van der Waals surface area contributed by atoms with E-state index in [2.05, 4.69) is 16.7 Å². The summed E-state index contributed by atoms with van der Waals surface area (Å²) in [5.41, 5.74) is 4.47. The maximum Gasteiger partial charge on any atom is 0.175 e. The van der Waals surface area contributed by atoms with Crippen molar-refractivity contribution in [1.82, 2.24) is 5.32 Å². The Morgan fingerprint density at radius 2 is 1.82 bits per heavy atom. The van der Waals surface area contributed by atoms with Gasteiger partial charge in [0.15, 0.2) is 5.78 Å². The van der Waals surface area contributed by atoms with Gasteiger partial charge in [0.25, 0.3) is 0 Å². The summed E-state index contributed by atoms with van der Waals surface area (Å²) < 4.78 is 5.62. The number of hydrogen-bond acceptors (Lipinski definition) is 4. The Hall–Kier alpha value is -2.04. The minimum Gasteiger partial charge on any atom is -0.486 e. The SMILES string of the molecule is CC(C)(C)C(=O)COc1ccc(CNc2c(Cl)ccc3c2CCNCC3)cc1. The van der Waals surface area contributed by atoms with E-state index in [1.165, 1.54) is 11.1 Å². The van der Waals surface area contributed by atoms with Gasteiger partial charge in [0.2, 0.25) is 0 Å². The molecule has 1 aliphatic heterocycles. The van der Waals surface area contributed by atoms with Gasteiger partial charge in [-0.25, -0.2) is 0 Å². The largest absolute Gasteiger partial charge is 0.486 e. The quantitative estimate of drug-likeness (QED) is 0.741. The minimum absolute atomic E-state index is 0.0899. The van der Waals surface area contributed by atoms with E-state index in [0.717, 1.165) is 42.2 Å². The van der Waals surface area contributed by atoms with E-state index in [1.54, 1.807) is 0 Å². The number of anilines is 1. The topological polar surface area (TPSA) is 50.4 Å². The van der Waals surface area contributed by atoms with Crippen molar-refractivity contribution in [3.05, 3.63) is 58.1 Å². The van der Waals surface area contributed by atoms with E-state index in [9.17, 15) is 4.79 Å². The number of fused-ring (bicyclic) bond motifs is 1. The van der Waals surface area contributed by atoms with Gasteiger partial charge in [-0.2, -0.15) is 0 Å². The summed E-state index contributed by atoms with van der Waals surface area (Å²) >= 11 is 6.48. The molecule has 0 aliphatic carbocycles. The molecule has 2 N–H and O–H groups in total. The normalized spacial score (nSPS) is 14.1. The first-order valence-corrected chi connectivity index (χ1v) is 10.2. The highest BCUT2D eigenvalue weighted by Crippen LogP contribution is 2.31. The monoisotopic (exact) mass is 400 g/mol. The molecule has 0 fully saturated rings. The Balaban J connectivity index is 1.62. The number of ether oxygens (including phenoxy) is 1.